The van der Waals surface area contributed by atoms with Gasteiger partial charge in [-0.3, -0.25) is 14.4 Å². The maximum absolute atomic E-state index is 12.1. The first-order valence-electron chi connectivity index (χ1n) is 9.27. The Morgan fingerprint density at radius 3 is 2.79 bits per heavy atom. The number of rotatable bonds is 7. The van der Waals surface area contributed by atoms with E-state index in [1.165, 1.54) is 7.11 Å². The molecular formula is C21H22O7. The number of Topliss-reactive ketones (excluding diaryl/α,β-unsaturated/α-hetero) is 2. The second kappa shape index (κ2) is 8.82. The third kappa shape index (κ3) is 4.85. The first kappa shape index (κ1) is 19.8. The Kier molecular flexibility index (Phi) is 6.23. The summed E-state index contributed by atoms with van der Waals surface area (Å²) >= 11 is 0. The highest BCUT2D eigenvalue weighted by Crippen LogP contribution is 2.23. The number of fused-ring (bicyclic) bond motifs is 1. The minimum atomic E-state index is -0.588. The van der Waals surface area contributed by atoms with Crippen LogP contribution in [0.25, 0.3) is 11.0 Å². The topological polar surface area (TPSA) is 99.9 Å². The molecule has 0 spiro atoms. The van der Waals surface area contributed by atoms with Crippen molar-refractivity contribution in [1.29, 1.82) is 0 Å². The molecule has 1 aliphatic rings. The molecule has 0 amide bonds. The van der Waals surface area contributed by atoms with Crippen LogP contribution in [0.2, 0.25) is 0 Å². The van der Waals surface area contributed by atoms with Crippen LogP contribution in [0.1, 0.15) is 37.7 Å². The SMILES string of the molecule is COc1ccc2cc(CC(=O)OCCCC3CCC(=O)CC3=O)c(=O)oc2c1. The maximum Gasteiger partial charge on any atom is 0.340 e. The average Bonchev–Trinajstić information content (AvgIpc) is 2.66. The van der Waals surface area contributed by atoms with Crippen molar-refractivity contribution in [2.45, 2.75) is 38.5 Å². The lowest BCUT2D eigenvalue weighted by Gasteiger charge is -2.19. The monoisotopic (exact) mass is 386 g/mol. The normalized spacial score (nSPS) is 17.0. The molecule has 0 aliphatic heterocycles. The maximum atomic E-state index is 12.1. The molecule has 1 aromatic carbocycles. The molecule has 1 unspecified atom stereocenters. The molecule has 7 nitrogen and oxygen atoms in total. The molecule has 2 aromatic rings. The zero-order valence-corrected chi connectivity index (χ0v) is 15.7. The van der Waals surface area contributed by atoms with Gasteiger partial charge in [-0.15, -0.1) is 0 Å². The van der Waals surface area contributed by atoms with E-state index in [0.717, 1.165) is 0 Å². The molecule has 1 fully saturated rings. The molecule has 0 radical (unpaired) electrons. The van der Waals surface area contributed by atoms with Gasteiger partial charge >= 0.3 is 11.6 Å². The lowest BCUT2D eigenvalue weighted by Crippen LogP contribution is -2.25. The third-order valence-corrected chi connectivity index (χ3v) is 4.91. The summed E-state index contributed by atoms with van der Waals surface area (Å²) in [6.45, 7) is 0.173. The number of carbonyl (C=O) groups is 3. The summed E-state index contributed by atoms with van der Waals surface area (Å²) in [5, 5.41) is 0.688. The highest BCUT2D eigenvalue weighted by molar-refractivity contribution is 6.02. The molecule has 0 saturated heterocycles. The van der Waals surface area contributed by atoms with Gasteiger partial charge in [-0.05, 0) is 37.5 Å². The number of carbonyl (C=O) groups excluding carboxylic acids is 3. The van der Waals surface area contributed by atoms with Crippen LogP contribution in [0, 0.1) is 5.92 Å². The van der Waals surface area contributed by atoms with Crippen molar-refractivity contribution in [1.82, 2.24) is 0 Å². The lowest BCUT2D eigenvalue weighted by atomic mass is 9.84. The Bertz CT molecular complexity index is 957. The van der Waals surface area contributed by atoms with Crippen LogP contribution in [-0.2, 0) is 25.5 Å². The molecule has 148 valence electrons. The van der Waals surface area contributed by atoms with E-state index in [-0.39, 0.29) is 42.5 Å². The van der Waals surface area contributed by atoms with Crippen molar-refractivity contribution in [3.8, 4) is 5.75 Å². The molecule has 1 saturated carbocycles. The second-order valence-electron chi connectivity index (χ2n) is 6.92. The van der Waals surface area contributed by atoms with Crippen LogP contribution in [0.3, 0.4) is 0 Å². The van der Waals surface area contributed by atoms with Crippen molar-refractivity contribution in [2.75, 3.05) is 13.7 Å². The Morgan fingerprint density at radius 2 is 2.04 bits per heavy atom. The van der Waals surface area contributed by atoms with E-state index >= 15 is 0 Å². The van der Waals surface area contributed by atoms with E-state index in [9.17, 15) is 19.2 Å². The first-order valence-corrected chi connectivity index (χ1v) is 9.27. The van der Waals surface area contributed by atoms with E-state index in [0.29, 0.717) is 42.4 Å². The first-order chi connectivity index (χ1) is 13.5. The van der Waals surface area contributed by atoms with Crippen LogP contribution in [0.15, 0.2) is 33.5 Å². The van der Waals surface area contributed by atoms with Gasteiger partial charge < -0.3 is 13.9 Å². The van der Waals surface area contributed by atoms with Crippen LogP contribution < -0.4 is 10.4 Å². The summed E-state index contributed by atoms with van der Waals surface area (Å²) in [4.78, 5) is 47.1. The number of ketones is 2. The van der Waals surface area contributed by atoms with Gasteiger partial charge in [0, 0.05) is 29.4 Å². The number of hydrogen-bond donors (Lipinski definition) is 0. The quantitative estimate of drug-likeness (QED) is 0.312. The molecule has 1 heterocycles. The molecule has 28 heavy (non-hydrogen) atoms. The van der Waals surface area contributed by atoms with E-state index in [4.69, 9.17) is 13.9 Å². The molecule has 1 aromatic heterocycles. The van der Waals surface area contributed by atoms with Crippen molar-refractivity contribution in [2.24, 2.45) is 5.92 Å². The van der Waals surface area contributed by atoms with Gasteiger partial charge in [-0.2, -0.15) is 0 Å². The summed E-state index contributed by atoms with van der Waals surface area (Å²) in [5.74, 6) is -0.0943. The number of esters is 1. The summed E-state index contributed by atoms with van der Waals surface area (Å²) in [5.41, 5.74) is 0.0240. The van der Waals surface area contributed by atoms with E-state index in [1.807, 2.05) is 0 Å². The zero-order chi connectivity index (χ0) is 20.1. The van der Waals surface area contributed by atoms with Crippen LogP contribution in [0.5, 0.6) is 5.75 Å². The molecule has 0 bridgehead atoms. The standard InChI is InChI=1S/C21H22O7/c1-26-17-7-5-14-9-15(21(25)28-19(14)12-17)10-20(24)27-8-2-3-13-4-6-16(22)11-18(13)23/h5,7,9,12-13H,2-4,6,8,10-11H2,1H3. The van der Waals surface area contributed by atoms with E-state index in [1.54, 1.807) is 24.3 Å². The fourth-order valence-electron chi connectivity index (χ4n) is 3.34. The molecule has 0 N–H and O–H groups in total. The minimum Gasteiger partial charge on any atom is -0.497 e. The number of hydrogen-bond acceptors (Lipinski definition) is 7. The van der Waals surface area contributed by atoms with Gasteiger partial charge in [-0.1, -0.05) is 0 Å². The number of benzene rings is 1. The van der Waals surface area contributed by atoms with Crippen LogP contribution in [0.4, 0.5) is 0 Å². The fraction of sp³-hybridized carbons (Fsp3) is 0.429. The summed E-state index contributed by atoms with van der Waals surface area (Å²) < 4.78 is 15.5. The lowest BCUT2D eigenvalue weighted by molar-refractivity contribution is -0.143. The largest absolute Gasteiger partial charge is 0.497 e. The Morgan fingerprint density at radius 1 is 1.21 bits per heavy atom. The van der Waals surface area contributed by atoms with Gasteiger partial charge in [-0.25, -0.2) is 4.79 Å². The Hall–Kier alpha value is -2.96. The van der Waals surface area contributed by atoms with Crippen LogP contribution >= 0.6 is 0 Å². The molecule has 7 heteroatoms. The average molecular weight is 386 g/mol. The smallest absolute Gasteiger partial charge is 0.340 e. The highest BCUT2D eigenvalue weighted by Gasteiger charge is 2.26. The molecule has 3 rings (SSSR count). The van der Waals surface area contributed by atoms with Crippen molar-refractivity contribution < 1.29 is 28.3 Å². The number of methoxy groups -OCH3 is 1. The van der Waals surface area contributed by atoms with Crippen molar-refractivity contribution in [3.05, 3.63) is 40.2 Å². The summed E-state index contributed by atoms with van der Waals surface area (Å²) in [6.07, 6.45) is 2.01. The molecule has 1 aliphatic carbocycles. The van der Waals surface area contributed by atoms with Crippen LogP contribution in [-0.4, -0.2) is 31.3 Å². The van der Waals surface area contributed by atoms with Gasteiger partial charge in [0.1, 0.15) is 22.9 Å². The van der Waals surface area contributed by atoms with E-state index < -0.39 is 11.6 Å². The van der Waals surface area contributed by atoms with Gasteiger partial charge in [0.25, 0.3) is 0 Å². The Balaban J connectivity index is 1.50. The fourth-order valence-corrected chi connectivity index (χ4v) is 3.34. The van der Waals surface area contributed by atoms with Gasteiger partial charge in [0.2, 0.25) is 0 Å². The van der Waals surface area contributed by atoms with Crippen molar-refractivity contribution in [3.63, 3.8) is 0 Å². The summed E-state index contributed by atoms with van der Waals surface area (Å²) in [7, 11) is 1.52. The van der Waals surface area contributed by atoms with Gasteiger partial charge in [0.15, 0.2) is 0 Å². The van der Waals surface area contributed by atoms with Crippen molar-refractivity contribution >= 4 is 28.5 Å². The van der Waals surface area contributed by atoms with Gasteiger partial charge in [0.05, 0.1) is 26.6 Å². The third-order valence-electron chi connectivity index (χ3n) is 4.91. The predicted octanol–water partition coefficient (Wildman–Crippen LogP) is 2.61. The van der Waals surface area contributed by atoms with E-state index in [2.05, 4.69) is 0 Å². The molecule has 1 atom stereocenters. The summed E-state index contributed by atoms with van der Waals surface area (Å²) in [6, 6.07) is 6.71. The molecular weight excluding hydrogens is 364 g/mol. The Labute approximate surface area is 161 Å². The zero-order valence-electron chi connectivity index (χ0n) is 15.7. The minimum absolute atomic E-state index is 0.000313. The second-order valence-corrected chi connectivity index (χ2v) is 6.92. The number of ether oxygens (including phenoxy) is 2. The highest BCUT2D eigenvalue weighted by atomic mass is 16.5. The predicted molar refractivity (Wildman–Crippen MR) is 100 cm³/mol.